The van der Waals surface area contributed by atoms with Crippen LogP contribution in [-0.2, 0) is 19.0 Å². The zero-order chi connectivity index (χ0) is 33.6. The fraction of sp³-hybridized carbons (Fsp3) is 0.921. The number of piperidine rings is 1. The van der Waals surface area contributed by atoms with Crippen LogP contribution in [0.5, 0.6) is 0 Å². The lowest BCUT2D eigenvalue weighted by Gasteiger charge is -2.60. The van der Waals surface area contributed by atoms with Crippen LogP contribution in [0.3, 0.4) is 0 Å². The highest BCUT2D eigenvalue weighted by atomic mass is 16.5. The van der Waals surface area contributed by atoms with E-state index in [0.29, 0.717) is 38.9 Å². The number of methoxy groups -OCH3 is 1. The Balaban J connectivity index is 1.10. The van der Waals surface area contributed by atoms with Crippen molar-refractivity contribution in [1.29, 1.82) is 0 Å². The van der Waals surface area contributed by atoms with Crippen LogP contribution < -0.4 is 5.32 Å². The van der Waals surface area contributed by atoms with Crippen LogP contribution in [0, 0.1) is 40.4 Å². The van der Waals surface area contributed by atoms with E-state index in [1.807, 2.05) is 0 Å². The number of rotatable bonds is 8. The highest BCUT2D eigenvalue weighted by Crippen LogP contribution is 2.69. The van der Waals surface area contributed by atoms with Gasteiger partial charge in [-0.15, -0.1) is 0 Å². The summed E-state index contributed by atoms with van der Waals surface area (Å²) in [6, 6.07) is 0. The molecule has 0 amide bonds. The number of ketones is 1. The van der Waals surface area contributed by atoms with Gasteiger partial charge in [-0.2, -0.15) is 0 Å². The molecule has 1 spiro atoms. The lowest BCUT2D eigenvalue weighted by atomic mass is 9.46. The number of ether oxygens (including phenoxy) is 3. The van der Waals surface area contributed by atoms with E-state index in [9.17, 15) is 25.2 Å². The molecule has 0 radical (unpaired) electrons. The first-order valence-electron chi connectivity index (χ1n) is 18.8. The molecule has 5 aliphatic carbocycles. The number of allylic oxidation sites excluding steroid dienone is 1. The predicted octanol–water partition coefficient (Wildman–Crippen LogP) is 4.04. The van der Waals surface area contributed by atoms with Gasteiger partial charge in [-0.25, -0.2) is 0 Å². The third-order valence-corrected chi connectivity index (χ3v) is 15.4. The third kappa shape index (κ3) is 5.18. The fourth-order valence-corrected chi connectivity index (χ4v) is 12.6. The van der Waals surface area contributed by atoms with Crippen LogP contribution in [0.25, 0.3) is 0 Å². The molecule has 0 aromatic heterocycles. The van der Waals surface area contributed by atoms with Crippen LogP contribution in [0.1, 0.15) is 111 Å². The highest BCUT2D eigenvalue weighted by molar-refractivity contribution is 5.95. The Morgan fingerprint density at radius 3 is 2.55 bits per heavy atom. The summed E-state index contributed by atoms with van der Waals surface area (Å²) in [7, 11) is 1.69. The van der Waals surface area contributed by atoms with Gasteiger partial charge in [0, 0.05) is 37.2 Å². The van der Waals surface area contributed by atoms with Gasteiger partial charge in [0.15, 0.2) is 5.78 Å². The second-order valence-electron chi connectivity index (χ2n) is 17.7. The van der Waals surface area contributed by atoms with Crippen LogP contribution in [0.2, 0.25) is 0 Å². The maximum absolute atomic E-state index is 13.9. The summed E-state index contributed by atoms with van der Waals surface area (Å²) in [5.74, 6) is -0.246. The van der Waals surface area contributed by atoms with Gasteiger partial charge in [-0.1, -0.05) is 33.6 Å². The van der Waals surface area contributed by atoms with E-state index in [2.05, 4.69) is 26.1 Å². The first-order valence-corrected chi connectivity index (χ1v) is 18.8. The Labute approximate surface area is 281 Å². The molecule has 2 saturated heterocycles. The molecule has 9 heteroatoms. The van der Waals surface area contributed by atoms with E-state index >= 15 is 0 Å². The Bertz CT molecular complexity index is 1230. The smallest absolute Gasteiger partial charge is 0.159 e. The number of hydrogen-bond acceptors (Lipinski definition) is 9. The summed E-state index contributed by atoms with van der Waals surface area (Å²) in [6.07, 6.45) is 10.0. The molecule has 7 aliphatic rings. The largest absolute Gasteiger partial charge is 0.387 e. The van der Waals surface area contributed by atoms with E-state index in [-0.39, 0.29) is 46.5 Å². The standard InChI is InChI=1S/C38H61NO8/c1-22-24-21-37(12-6-7-13-37)39-33(42)31(24)47-30(22)32(41)36(4,43)29-11-16-38(44)26-20-28(40)27-19-23(46-18-8-17-45-5)9-14-34(27,2)25(26)10-15-35(29,38)3/h20,22-25,27,29-33,39,41-44H,6-19,21H2,1-5H3/t22-,23+,24-,25+,27+,29+,30+,31-,32-,33+,34-,35-,36+,38-/m1/s1. The maximum Gasteiger partial charge on any atom is 0.159 e. The molecule has 5 N–H and O–H groups in total. The van der Waals surface area contributed by atoms with E-state index in [1.54, 1.807) is 20.1 Å². The summed E-state index contributed by atoms with van der Waals surface area (Å²) < 4.78 is 17.8. The van der Waals surface area contributed by atoms with E-state index in [4.69, 9.17) is 14.2 Å². The van der Waals surface area contributed by atoms with Crippen molar-refractivity contribution in [3.63, 3.8) is 0 Å². The summed E-state index contributed by atoms with van der Waals surface area (Å²) in [5.41, 5.74) is -2.92. The normalized spacial score (nSPS) is 49.1. The molecule has 9 nitrogen and oxygen atoms in total. The molecule has 2 aliphatic heterocycles. The minimum absolute atomic E-state index is 0.0332. The molecule has 47 heavy (non-hydrogen) atoms. The number of carbonyl (C=O) groups is 1. The van der Waals surface area contributed by atoms with E-state index in [0.717, 1.165) is 63.4 Å². The molecule has 6 fully saturated rings. The molecule has 4 saturated carbocycles. The second-order valence-corrected chi connectivity index (χ2v) is 17.7. The zero-order valence-electron chi connectivity index (χ0n) is 29.4. The summed E-state index contributed by atoms with van der Waals surface area (Å²) in [4.78, 5) is 13.9. The average Bonchev–Trinajstić information content (AvgIpc) is 3.70. The summed E-state index contributed by atoms with van der Waals surface area (Å²) in [6.45, 7) is 9.45. The van der Waals surface area contributed by atoms with Gasteiger partial charge in [0.05, 0.1) is 23.4 Å². The van der Waals surface area contributed by atoms with Crippen molar-refractivity contribution in [2.24, 2.45) is 40.4 Å². The Kier molecular flexibility index (Phi) is 8.90. The van der Waals surface area contributed by atoms with Gasteiger partial charge in [-0.3, -0.25) is 10.1 Å². The third-order valence-electron chi connectivity index (χ3n) is 15.4. The van der Waals surface area contributed by atoms with Gasteiger partial charge >= 0.3 is 0 Å². The van der Waals surface area contributed by atoms with Gasteiger partial charge in [0.25, 0.3) is 0 Å². The van der Waals surface area contributed by atoms with Crippen LogP contribution in [0.15, 0.2) is 11.6 Å². The van der Waals surface area contributed by atoms with Gasteiger partial charge in [0.1, 0.15) is 18.4 Å². The lowest BCUT2D eigenvalue weighted by Crippen LogP contribution is -2.63. The van der Waals surface area contributed by atoms with Crippen molar-refractivity contribution in [2.75, 3.05) is 20.3 Å². The number of nitrogens with one attached hydrogen (secondary N) is 1. The number of hydrogen-bond donors (Lipinski definition) is 5. The molecular formula is C38H61NO8. The molecule has 0 aromatic rings. The minimum Gasteiger partial charge on any atom is -0.387 e. The monoisotopic (exact) mass is 659 g/mol. The van der Waals surface area contributed by atoms with Crippen LogP contribution in [-0.4, -0.2) is 93.9 Å². The Morgan fingerprint density at radius 2 is 1.83 bits per heavy atom. The quantitative estimate of drug-likeness (QED) is 0.245. The van der Waals surface area contributed by atoms with Gasteiger partial charge in [0.2, 0.25) is 0 Å². The molecule has 2 heterocycles. The van der Waals surface area contributed by atoms with E-state index in [1.165, 1.54) is 0 Å². The maximum atomic E-state index is 13.9. The average molecular weight is 660 g/mol. The second kappa shape index (κ2) is 12.1. The Morgan fingerprint density at radius 1 is 1.09 bits per heavy atom. The van der Waals surface area contributed by atoms with Crippen molar-refractivity contribution in [3.8, 4) is 0 Å². The molecule has 7 rings (SSSR count). The predicted molar refractivity (Wildman–Crippen MR) is 176 cm³/mol. The topological polar surface area (TPSA) is 138 Å². The summed E-state index contributed by atoms with van der Waals surface area (Å²) >= 11 is 0. The first-order chi connectivity index (χ1) is 22.2. The first kappa shape index (κ1) is 34.5. The van der Waals surface area contributed by atoms with E-state index < -0.39 is 47.1 Å². The number of fused-ring (bicyclic) bond motifs is 6. The van der Waals surface area contributed by atoms with Crippen molar-refractivity contribution in [1.82, 2.24) is 5.32 Å². The van der Waals surface area contributed by atoms with Crippen molar-refractivity contribution in [3.05, 3.63) is 11.6 Å². The number of aliphatic hydroxyl groups is 4. The molecule has 14 atom stereocenters. The number of aliphatic hydroxyl groups excluding tert-OH is 2. The van der Waals surface area contributed by atoms with Crippen molar-refractivity contribution >= 4 is 5.78 Å². The Hall–Kier alpha value is -0.910. The van der Waals surface area contributed by atoms with Gasteiger partial charge < -0.3 is 34.6 Å². The zero-order valence-corrected chi connectivity index (χ0v) is 29.4. The molecule has 0 unspecified atom stereocenters. The molecule has 0 bridgehead atoms. The molecular weight excluding hydrogens is 598 g/mol. The van der Waals surface area contributed by atoms with Gasteiger partial charge in [-0.05, 0) is 118 Å². The lowest BCUT2D eigenvalue weighted by molar-refractivity contribution is -0.202. The number of carbonyl (C=O) groups excluding carboxylic acids is 1. The fourth-order valence-electron chi connectivity index (χ4n) is 12.6. The highest BCUT2D eigenvalue weighted by Gasteiger charge is 2.70. The minimum atomic E-state index is -1.54. The van der Waals surface area contributed by atoms with Crippen molar-refractivity contribution in [2.45, 2.75) is 159 Å². The van der Waals surface area contributed by atoms with Crippen LogP contribution in [0.4, 0.5) is 0 Å². The van der Waals surface area contributed by atoms with Crippen LogP contribution >= 0.6 is 0 Å². The molecule has 0 aromatic carbocycles. The van der Waals surface area contributed by atoms with Crippen molar-refractivity contribution < 1.29 is 39.4 Å². The SMILES string of the molecule is COCCCO[C@H]1CC[C@@]2(C)[C@@H](C1)C(=O)C=C1[C@@H]2CC[C@]2(C)[C@@H]([C@](C)(O)[C@H](O)[C@H]3O[C@@H]4[C@H](CC5(CCCC5)N[C@H]4O)[C@H]3C)CC[C@@]12O. The summed E-state index contributed by atoms with van der Waals surface area (Å²) in [5, 5.41) is 51.7. The molecule has 266 valence electrons.